The molecule has 0 heterocycles. The minimum Gasteiger partial charge on any atom is -0.339 e. The number of nitrogens with one attached hydrogen (secondary N) is 1. The molecule has 0 aliphatic heterocycles. The van der Waals surface area contributed by atoms with E-state index in [1.165, 1.54) is 0 Å². The standard InChI is InChI=1S/C10H20N2O/c1-5-7-11-8-10(13)12(6-2)9(3)4/h5,9,11H,1,6-8H2,2-4H3. The van der Waals surface area contributed by atoms with E-state index in [0.717, 1.165) is 6.54 Å². The second-order valence-corrected chi connectivity index (χ2v) is 3.19. The molecule has 3 nitrogen and oxygen atoms in total. The van der Waals surface area contributed by atoms with E-state index in [0.29, 0.717) is 13.1 Å². The van der Waals surface area contributed by atoms with Gasteiger partial charge in [0.05, 0.1) is 6.54 Å². The number of amides is 1. The highest BCUT2D eigenvalue weighted by Crippen LogP contribution is 1.96. The Morgan fingerprint density at radius 1 is 1.62 bits per heavy atom. The monoisotopic (exact) mass is 184 g/mol. The molecule has 1 amide bonds. The van der Waals surface area contributed by atoms with Crippen molar-refractivity contribution in [1.82, 2.24) is 10.2 Å². The summed E-state index contributed by atoms with van der Waals surface area (Å²) in [6, 6.07) is 0.281. The number of hydrogen-bond donors (Lipinski definition) is 1. The van der Waals surface area contributed by atoms with E-state index in [9.17, 15) is 4.79 Å². The molecule has 0 saturated heterocycles. The van der Waals surface area contributed by atoms with E-state index in [1.807, 2.05) is 25.7 Å². The SMILES string of the molecule is C=CCNCC(=O)N(CC)C(C)C. The van der Waals surface area contributed by atoms with E-state index >= 15 is 0 Å². The van der Waals surface area contributed by atoms with E-state index < -0.39 is 0 Å². The zero-order chi connectivity index (χ0) is 10.3. The molecule has 0 aliphatic rings. The van der Waals surface area contributed by atoms with Crippen molar-refractivity contribution in [3.8, 4) is 0 Å². The molecule has 13 heavy (non-hydrogen) atoms. The molecule has 0 radical (unpaired) electrons. The first-order chi connectivity index (χ1) is 6.13. The zero-order valence-electron chi connectivity index (χ0n) is 8.84. The Morgan fingerprint density at radius 3 is 2.62 bits per heavy atom. The van der Waals surface area contributed by atoms with Crippen LogP contribution in [0.3, 0.4) is 0 Å². The second-order valence-electron chi connectivity index (χ2n) is 3.19. The average molecular weight is 184 g/mol. The molecule has 0 aromatic rings. The van der Waals surface area contributed by atoms with Crippen molar-refractivity contribution in [3.63, 3.8) is 0 Å². The van der Waals surface area contributed by atoms with Gasteiger partial charge in [-0.3, -0.25) is 4.79 Å². The Morgan fingerprint density at radius 2 is 2.23 bits per heavy atom. The fraction of sp³-hybridized carbons (Fsp3) is 0.700. The van der Waals surface area contributed by atoms with Gasteiger partial charge in [0.1, 0.15) is 0 Å². The lowest BCUT2D eigenvalue weighted by molar-refractivity contribution is -0.131. The normalized spacial score (nSPS) is 10.2. The van der Waals surface area contributed by atoms with Crippen molar-refractivity contribution in [1.29, 1.82) is 0 Å². The predicted molar refractivity (Wildman–Crippen MR) is 55.6 cm³/mol. The zero-order valence-corrected chi connectivity index (χ0v) is 8.84. The number of rotatable bonds is 6. The predicted octanol–water partition coefficient (Wildman–Crippen LogP) is 1.02. The topological polar surface area (TPSA) is 32.3 Å². The van der Waals surface area contributed by atoms with Crippen LogP contribution in [0.5, 0.6) is 0 Å². The Kier molecular flexibility index (Phi) is 6.24. The largest absolute Gasteiger partial charge is 0.339 e. The summed E-state index contributed by atoms with van der Waals surface area (Å²) in [7, 11) is 0. The fourth-order valence-electron chi connectivity index (χ4n) is 1.21. The summed E-state index contributed by atoms with van der Waals surface area (Å²) in [4.78, 5) is 13.4. The van der Waals surface area contributed by atoms with Gasteiger partial charge in [-0.15, -0.1) is 6.58 Å². The average Bonchev–Trinajstić information content (AvgIpc) is 2.05. The van der Waals surface area contributed by atoms with Crippen LogP contribution in [-0.4, -0.2) is 36.5 Å². The molecule has 0 aromatic carbocycles. The smallest absolute Gasteiger partial charge is 0.236 e. The van der Waals surface area contributed by atoms with E-state index in [-0.39, 0.29) is 11.9 Å². The Bertz CT molecular complexity index is 166. The van der Waals surface area contributed by atoms with Crippen LogP contribution < -0.4 is 5.32 Å². The molecule has 0 bridgehead atoms. The van der Waals surface area contributed by atoms with E-state index in [1.54, 1.807) is 6.08 Å². The number of carbonyl (C=O) groups is 1. The van der Waals surface area contributed by atoms with Gasteiger partial charge >= 0.3 is 0 Å². The van der Waals surface area contributed by atoms with Crippen LogP contribution in [0.1, 0.15) is 20.8 Å². The van der Waals surface area contributed by atoms with Crippen LogP contribution >= 0.6 is 0 Å². The lowest BCUT2D eigenvalue weighted by atomic mass is 10.3. The molecule has 3 heteroatoms. The summed E-state index contributed by atoms with van der Waals surface area (Å²) in [5.41, 5.74) is 0. The van der Waals surface area contributed by atoms with Crippen LogP contribution in [0.15, 0.2) is 12.7 Å². The minimum absolute atomic E-state index is 0.152. The maximum Gasteiger partial charge on any atom is 0.236 e. The first-order valence-corrected chi connectivity index (χ1v) is 4.74. The Balaban J connectivity index is 3.84. The summed E-state index contributed by atoms with van der Waals surface area (Å²) in [5, 5.41) is 3.00. The second kappa shape index (κ2) is 6.66. The summed E-state index contributed by atoms with van der Waals surface area (Å²) in [6.45, 7) is 11.5. The highest BCUT2D eigenvalue weighted by atomic mass is 16.2. The molecule has 0 spiro atoms. The molecule has 0 fully saturated rings. The van der Waals surface area contributed by atoms with Gasteiger partial charge in [0.2, 0.25) is 5.91 Å². The number of hydrogen-bond acceptors (Lipinski definition) is 2. The van der Waals surface area contributed by atoms with Crippen molar-refractivity contribution >= 4 is 5.91 Å². The summed E-state index contributed by atoms with van der Waals surface area (Å²) < 4.78 is 0. The molecule has 0 unspecified atom stereocenters. The third-order valence-electron chi connectivity index (χ3n) is 1.85. The number of likely N-dealkylation sites (N-methyl/N-ethyl adjacent to an activating group) is 1. The molecule has 76 valence electrons. The van der Waals surface area contributed by atoms with Crippen LogP contribution in [0.2, 0.25) is 0 Å². The van der Waals surface area contributed by atoms with Crippen LogP contribution in [0.25, 0.3) is 0 Å². The third kappa shape index (κ3) is 4.68. The lowest BCUT2D eigenvalue weighted by Crippen LogP contribution is -2.42. The lowest BCUT2D eigenvalue weighted by Gasteiger charge is -2.25. The molecular formula is C10H20N2O. The van der Waals surface area contributed by atoms with Gasteiger partial charge in [-0.25, -0.2) is 0 Å². The summed E-state index contributed by atoms with van der Waals surface area (Å²) in [5.74, 6) is 0.152. The maximum absolute atomic E-state index is 11.5. The van der Waals surface area contributed by atoms with Crippen molar-refractivity contribution in [2.45, 2.75) is 26.8 Å². The molecule has 0 aliphatic carbocycles. The van der Waals surface area contributed by atoms with Crippen molar-refractivity contribution in [2.75, 3.05) is 19.6 Å². The first kappa shape index (κ1) is 12.2. The minimum atomic E-state index is 0.152. The van der Waals surface area contributed by atoms with Crippen molar-refractivity contribution in [2.24, 2.45) is 0 Å². The molecule has 0 aromatic heterocycles. The van der Waals surface area contributed by atoms with Crippen molar-refractivity contribution in [3.05, 3.63) is 12.7 Å². The summed E-state index contributed by atoms with van der Waals surface area (Å²) in [6.07, 6.45) is 1.75. The highest BCUT2D eigenvalue weighted by Gasteiger charge is 2.13. The maximum atomic E-state index is 11.5. The van der Waals surface area contributed by atoms with Gasteiger partial charge in [0.25, 0.3) is 0 Å². The van der Waals surface area contributed by atoms with Crippen LogP contribution in [0, 0.1) is 0 Å². The fourth-order valence-corrected chi connectivity index (χ4v) is 1.21. The molecule has 0 rings (SSSR count). The third-order valence-corrected chi connectivity index (χ3v) is 1.85. The molecule has 0 atom stereocenters. The van der Waals surface area contributed by atoms with Gasteiger partial charge in [-0.05, 0) is 20.8 Å². The number of carbonyl (C=O) groups excluding carboxylic acids is 1. The van der Waals surface area contributed by atoms with E-state index in [2.05, 4.69) is 11.9 Å². The Labute approximate surface area is 80.8 Å². The molecule has 0 saturated carbocycles. The molecular weight excluding hydrogens is 164 g/mol. The van der Waals surface area contributed by atoms with Gasteiger partial charge < -0.3 is 10.2 Å². The Hall–Kier alpha value is -0.830. The molecule has 1 N–H and O–H groups in total. The van der Waals surface area contributed by atoms with Crippen LogP contribution in [-0.2, 0) is 4.79 Å². The quantitative estimate of drug-likeness (QED) is 0.494. The van der Waals surface area contributed by atoms with Crippen molar-refractivity contribution < 1.29 is 4.79 Å². The summed E-state index contributed by atoms with van der Waals surface area (Å²) >= 11 is 0. The number of nitrogens with zero attached hydrogens (tertiary/aromatic N) is 1. The van der Waals surface area contributed by atoms with Gasteiger partial charge in [0.15, 0.2) is 0 Å². The first-order valence-electron chi connectivity index (χ1n) is 4.74. The van der Waals surface area contributed by atoms with Gasteiger partial charge in [-0.1, -0.05) is 6.08 Å². The van der Waals surface area contributed by atoms with Gasteiger partial charge in [0, 0.05) is 19.1 Å². The van der Waals surface area contributed by atoms with Gasteiger partial charge in [-0.2, -0.15) is 0 Å². The van der Waals surface area contributed by atoms with Crippen LogP contribution in [0.4, 0.5) is 0 Å². The highest BCUT2D eigenvalue weighted by molar-refractivity contribution is 5.78. The van der Waals surface area contributed by atoms with E-state index in [4.69, 9.17) is 0 Å².